The SMILES string of the molecule is CCC(CNS(=O)(=O)c1cc(C)c(C)cc1OC)(OC)c1ccccc1. The van der Waals surface area contributed by atoms with Gasteiger partial charge in [0.2, 0.25) is 10.0 Å². The number of benzene rings is 2. The summed E-state index contributed by atoms with van der Waals surface area (Å²) in [5.74, 6) is 0.333. The van der Waals surface area contributed by atoms with Crippen LogP contribution in [-0.2, 0) is 20.4 Å². The Bertz CT molecular complexity index is 844. The lowest BCUT2D eigenvalue weighted by molar-refractivity contribution is -0.0133. The Balaban J connectivity index is 2.36. The second kappa shape index (κ2) is 8.20. The van der Waals surface area contributed by atoms with Crippen molar-refractivity contribution in [3.63, 3.8) is 0 Å². The lowest BCUT2D eigenvalue weighted by Crippen LogP contribution is -2.42. The summed E-state index contributed by atoms with van der Waals surface area (Å²) in [4.78, 5) is 0.136. The van der Waals surface area contributed by atoms with Gasteiger partial charge >= 0.3 is 0 Å². The molecule has 0 saturated heterocycles. The highest BCUT2D eigenvalue weighted by Crippen LogP contribution is 2.31. The summed E-state index contributed by atoms with van der Waals surface area (Å²) in [5.41, 5.74) is 2.06. The molecule has 0 saturated carbocycles. The topological polar surface area (TPSA) is 64.6 Å². The largest absolute Gasteiger partial charge is 0.495 e. The average Bonchev–Trinajstić information content (AvgIpc) is 2.65. The minimum Gasteiger partial charge on any atom is -0.495 e. The molecule has 0 spiro atoms. The van der Waals surface area contributed by atoms with E-state index >= 15 is 0 Å². The van der Waals surface area contributed by atoms with Gasteiger partial charge in [0.1, 0.15) is 16.2 Å². The molecule has 0 aliphatic carbocycles. The molecule has 5 nitrogen and oxygen atoms in total. The molecular weight excluding hydrogens is 350 g/mol. The van der Waals surface area contributed by atoms with Crippen LogP contribution >= 0.6 is 0 Å². The molecule has 0 aliphatic rings. The van der Waals surface area contributed by atoms with Gasteiger partial charge in [0, 0.05) is 13.7 Å². The van der Waals surface area contributed by atoms with Crippen molar-refractivity contribution in [3.8, 4) is 5.75 Å². The van der Waals surface area contributed by atoms with Gasteiger partial charge in [-0.05, 0) is 49.1 Å². The molecular formula is C20H27NO4S. The van der Waals surface area contributed by atoms with Crippen molar-refractivity contribution in [1.82, 2.24) is 4.72 Å². The summed E-state index contributed by atoms with van der Waals surface area (Å²) in [5, 5.41) is 0. The third-order valence-corrected chi connectivity index (χ3v) is 6.30. The van der Waals surface area contributed by atoms with Crippen LogP contribution in [0.15, 0.2) is 47.4 Å². The van der Waals surface area contributed by atoms with Gasteiger partial charge in [-0.25, -0.2) is 13.1 Å². The maximum Gasteiger partial charge on any atom is 0.244 e. The fourth-order valence-corrected chi connectivity index (χ4v) is 4.25. The van der Waals surface area contributed by atoms with Crippen molar-refractivity contribution in [1.29, 1.82) is 0 Å². The Hall–Kier alpha value is -1.89. The van der Waals surface area contributed by atoms with Gasteiger partial charge in [0.05, 0.1) is 7.11 Å². The molecule has 0 aliphatic heterocycles. The van der Waals surface area contributed by atoms with E-state index in [0.29, 0.717) is 12.2 Å². The van der Waals surface area contributed by atoms with Crippen molar-refractivity contribution in [2.45, 2.75) is 37.7 Å². The van der Waals surface area contributed by atoms with E-state index in [4.69, 9.17) is 9.47 Å². The minimum atomic E-state index is -3.76. The van der Waals surface area contributed by atoms with Crippen LogP contribution in [0.3, 0.4) is 0 Å². The third kappa shape index (κ3) is 4.09. The van der Waals surface area contributed by atoms with Gasteiger partial charge in [0.25, 0.3) is 0 Å². The Morgan fingerprint density at radius 3 is 2.19 bits per heavy atom. The number of nitrogens with one attached hydrogen (secondary N) is 1. The average molecular weight is 378 g/mol. The standard InChI is InChI=1S/C20H27NO4S/c1-6-20(25-5,17-10-8-7-9-11-17)14-21-26(22,23)19-13-16(3)15(2)12-18(19)24-4/h7-13,21H,6,14H2,1-5H3. The zero-order chi connectivity index (χ0) is 19.4. The lowest BCUT2D eigenvalue weighted by Gasteiger charge is -2.32. The van der Waals surface area contributed by atoms with Crippen molar-refractivity contribution >= 4 is 10.0 Å². The van der Waals surface area contributed by atoms with E-state index in [1.54, 1.807) is 19.2 Å². The second-order valence-corrected chi connectivity index (χ2v) is 8.07. The molecule has 26 heavy (non-hydrogen) atoms. The Kier molecular flexibility index (Phi) is 6.44. The van der Waals surface area contributed by atoms with Crippen molar-refractivity contribution in [3.05, 3.63) is 59.2 Å². The molecule has 1 N–H and O–H groups in total. The predicted octanol–water partition coefficient (Wildman–Crippen LogP) is 3.54. The zero-order valence-electron chi connectivity index (χ0n) is 16.0. The second-order valence-electron chi connectivity index (χ2n) is 6.33. The first kappa shape index (κ1) is 20.4. The normalized spacial score (nSPS) is 14.0. The first-order valence-corrected chi connectivity index (χ1v) is 10.0. The summed E-state index contributed by atoms with van der Waals surface area (Å²) in [6, 6.07) is 13.0. The minimum absolute atomic E-state index is 0.127. The molecule has 2 aromatic carbocycles. The molecule has 0 aromatic heterocycles. The number of hydrogen-bond acceptors (Lipinski definition) is 4. The number of hydrogen-bond donors (Lipinski definition) is 1. The first-order chi connectivity index (χ1) is 12.3. The number of methoxy groups -OCH3 is 2. The van der Waals surface area contributed by atoms with E-state index in [1.165, 1.54) is 7.11 Å². The number of ether oxygens (including phenoxy) is 2. The highest BCUT2D eigenvalue weighted by atomic mass is 32.2. The third-order valence-electron chi connectivity index (χ3n) is 4.88. The monoisotopic (exact) mass is 377 g/mol. The van der Waals surface area contributed by atoms with E-state index in [1.807, 2.05) is 51.1 Å². The lowest BCUT2D eigenvalue weighted by atomic mass is 9.91. The van der Waals surface area contributed by atoms with E-state index in [9.17, 15) is 8.42 Å². The zero-order valence-corrected chi connectivity index (χ0v) is 16.8. The van der Waals surface area contributed by atoms with Gasteiger partial charge in [0.15, 0.2) is 0 Å². The summed E-state index contributed by atoms with van der Waals surface area (Å²) in [7, 11) is -0.689. The highest BCUT2D eigenvalue weighted by Gasteiger charge is 2.32. The Morgan fingerprint density at radius 2 is 1.65 bits per heavy atom. The Labute approximate surface area is 156 Å². The van der Waals surface area contributed by atoms with Crippen LogP contribution in [0.25, 0.3) is 0 Å². The Morgan fingerprint density at radius 1 is 1.04 bits per heavy atom. The van der Waals surface area contributed by atoms with Gasteiger partial charge in [-0.2, -0.15) is 0 Å². The molecule has 0 fully saturated rings. The molecule has 0 heterocycles. The first-order valence-electron chi connectivity index (χ1n) is 8.55. The molecule has 0 bridgehead atoms. The van der Waals surface area contributed by atoms with Gasteiger partial charge in [-0.1, -0.05) is 37.3 Å². The van der Waals surface area contributed by atoms with Gasteiger partial charge in [-0.3, -0.25) is 0 Å². The van der Waals surface area contributed by atoms with Crippen molar-refractivity contribution in [2.75, 3.05) is 20.8 Å². The molecule has 1 atom stereocenters. The summed E-state index contributed by atoms with van der Waals surface area (Å²) in [6.45, 7) is 5.90. The highest BCUT2D eigenvalue weighted by molar-refractivity contribution is 7.89. The number of sulfonamides is 1. The molecule has 0 amide bonds. The van der Waals surface area contributed by atoms with Crippen molar-refractivity contribution in [2.24, 2.45) is 0 Å². The molecule has 6 heteroatoms. The smallest absolute Gasteiger partial charge is 0.244 e. The molecule has 2 aromatic rings. The summed E-state index contributed by atoms with van der Waals surface area (Å²) >= 11 is 0. The van der Waals surface area contributed by atoms with Gasteiger partial charge < -0.3 is 9.47 Å². The van der Waals surface area contributed by atoms with Crippen LogP contribution in [0.4, 0.5) is 0 Å². The van der Waals surface area contributed by atoms with E-state index in [-0.39, 0.29) is 11.4 Å². The van der Waals surface area contributed by atoms with E-state index in [2.05, 4.69) is 4.72 Å². The van der Waals surface area contributed by atoms with E-state index in [0.717, 1.165) is 16.7 Å². The molecule has 1 unspecified atom stereocenters. The number of aryl methyl sites for hydroxylation is 2. The quantitative estimate of drug-likeness (QED) is 0.764. The maximum absolute atomic E-state index is 12.9. The van der Waals surface area contributed by atoms with Crippen LogP contribution < -0.4 is 9.46 Å². The van der Waals surface area contributed by atoms with Crippen LogP contribution in [0.1, 0.15) is 30.0 Å². The van der Waals surface area contributed by atoms with Crippen LogP contribution in [0, 0.1) is 13.8 Å². The van der Waals surface area contributed by atoms with Crippen LogP contribution in [0.2, 0.25) is 0 Å². The van der Waals surface area contributed by atoms with Crippen LogP contribution in [-0.4, -0.2) is 29.2 Å². The maximum atomic E-state index is 12.9. The number of rotatable bonds is 8. The fraction of sp³-hybridized carbons (Fsp3) is 0.400. The fourth-order valence-electron chi connectivity index (χ4n) is 2.93. The van der Waals surface area contributed by atoms with Crippen molar-refractivity contribution < 1.29 is 17.9 Å². The summed E-state index contributed by atoms with van der Waals surface area (Å²) in [6.07, 6.45) is 0.625. The molecule has 0 radical (unpaired) electrons. The molecule has 2 rings (SSSR count). The van der Waals surface area contributed by atoms with Gasteiger partial charge in [-0.15, -0.1) is 0 Å². The summed E-state index contributed by atoms with van der Waals surface area (Å²) < 4.78 is 39.6. The molecule has 142 valence electrons. The predicted molar refractivity (Wildman–Crippen MR) is 103 cm³/mol. The van der Waals surface area contributed by atoms with E-state index < -0.39 is 15.6 Å². The van der Waals surface area contributed by atoms with Crippen LogP contribution in [0.5, 0.6) is 5.75 Å².